The molecule has 0 unspecified atom stereocenters. The third kappa shape index (κ3) is 3.40. The van der Waals surface area contributed by atoms with Crippen molar-refractivity contribution < 1.29 is 9.18 Å². The number of nitrogens with zero attached hydrogens (tertiary/aromatic N) is 1. The van der Waals surface area contributed by atoms with Gasteiger partial charge in [0.1, 0.15) is 5.82 Å². The summed E-state index contributed by atoms with van der Waals surface area (Å²) in [5.74, 6) is -0.262. The van der Waals surface area contributed by atoms with Gasteiger partial charge in [-0.15, -0.1) is 0 Å². The maximum atomic E-state index is 12.7. The van der Waals surface area contributed by atoms with Crippen LogP contribution in [0.15, 0.2) is 30.3 Å². The quantitative estimate of drug-likeness (QED) is 0.807. The van der Waals surface area contributed by atoms with Crippen molar-refractivity contribution in [3.63, 3.8) is 0 Å². The highest BCUT2D eigenvalue weighted by Gasteiger charge is 2.18. The van der Waals surface area contributed by atoms with E-state index >= 15 is 0 Å². The first-order valence-electron chi connectivity index (χ1n) is 6.11. The van der Waals surface area contributed by atoms with E-state index in [-0.39, 0.29) is 11.7 Å². The van der Waals surface area contributed by atoms with Crippen LogP contribution in [0.25, 0.3) is 6.08 Å². The second kappa shape index (κ2) is 5.78. The molecule has 0 aromatic heterocycles. The van der Waals surface area contributed by atoms with Gasteiger partial charge in [0.2, 0.25) is 5.91 Å². The van der Waals surface area contributed by atoms with Gasteiger partial charge in [-0.1, -0.05) is 12.1 Å². The van der Waals surface area contributed by atoms with Crippen LogP contribution in [-0.2, 0) is 4.79 Å². The fraction of sp³-hybridized carbons (Fsp3) is 0.357. The Morgan fingerprint density at radius 3 is 2.83 bits per heavy atom. The van der Waals surface area contributed by atoms with Gasteiger partial charge in [0.15, 0.2) is 0 Å². The highest BCUT2D eigenvalue weighted by atomic mass is 19.1. The van der Waals surface area contributed by atoms with Crippen LogP contribution in [-0.4, -0.2) is 36.5 Å². The lowest BCUT2D eigenvalue weighted by molar-refractivity contribution is -0.127. The summed E-state index contributed by atoms with van der Waals surface area (Å²) in [6.45, 7) is 4.35. The van der Waals surface area contributed by atoms with Crippen LogP contribution < -0.4 is 5.32 Å². The highest BCUT2D eigenvalue weighted by Crippen LogP contribution is 2.06. The maximum absolute atomic E-state index is 12.7. The fourth-order valence-corrected chi connectivity index (χ4v) is 1.98. The van der Waals surface area contributed by atoms with Gasteiger partial charge in [0.25, 0.3) is 0 Å². The highest BCUT2D eigenvalue weighted by molar-refractivity contribution is 5.91. The average molecular weight is 248 g/mol. The van der Waals surface area contributed by atoms with Crippen molar-refractivity contribution in [2.45, 2.75) is 13.0 Å². The number of carbonyl (C=O) groups is 1. The van der Waals surface area contributed by atoms with Gasteiger partial charge < -0.3 is 10.2 Å². The number of benzene rings is 1. The van der Waals surface area contributed by atoms with Gasteiger partial charge in [0.05, 0.1) is 0 Å². The van der Waals surface area contributed by atoms with E-state index in [4.69, 9.17) is 0 Å². The van der Waals surface area contributed by atoms with Gasteiger partial charge in [0, 0.05) is 31.8 Å². The van der Waals surface area contributed by atoms with E-state index in [0.717, 1.165) is 25.2 Å². The Labute approximate surface area is 106 Å². The summed E-state index contributed by atoms with van der Waals surface area (Å²) < 4.78 is 12.7. The third-order valence-electron chi connectivity index (χ3n) is 2.97. The zero-order valence-electron chi connectivity index (χ0n) is 10.4. The van der Waals surface area contributed by atoms with E-state index in [0.29, 0.717) is 6.04 Å². The molecule has 1 atom stereocenters. The van der Waals surface area contributed by atoms with E-state index in [1.807, 2.05) is 4.90 Å². The normalized spacial score (nSPS) is 20.3. The lowest BCUT2D eigenvalue weighted by atomic mass is 10.2. The summed E-state index contributed by atoms with van der Waals surface area (Å²) in [6, 6.07) is 6.41. The Morgan fingerprint density at radius 2 is 2.17 bits per heavy atom. The molecule has 0 radical (unpaired) electrons. The molecule has 96 valence electrons. The third-order valence-corrected chi connectivity index (χ3v) is 2.97. The predicted molar refractivity (Wildman–Crippen MR) is 69.5 cm³/mol. The van der Waals surface area contributed by atoms with Crippen molar-refractivity contribution in [1.29, 1.82) is 0 Å². The molecule has 1 aliphatic rings. The van der Waals surface area contributed by atoms with E-state index in [2.05, 4.69) is 12.2 Å². The molecule has 0 bridgehead atoms. The molecule has 1 aromatic rings. The van der Waals surface area contributed by atoms with Crippen LogP contribution in [0.2, 0.25) is 0 Å². The van der Waals surface area contributed by atoms with Crippen molar-refractivity contribution in [2.24, 2.45) is 0 Å². The molecule has 4 heteroatoms. The first kappa shape index (κ1) is 12.8. The number of rotatable bonds is 2. The minimum absolute atomic E-state index is 0.00711. The maximum Gasteiger partial charge on any atom is 0.246 e. The summed E-state index contributed by atoms with van der Waals surface area (Å²) in [6.07, 6.45) is 3.26. The SMILES string of the molecule is C[C@@H]1CN(C(=O)/C=C/c2ccc(F)cc2)CCN1. The molecule has 0 spiro atoms. The summed E-state index contributed by atoms with van der Waals surface area (Å²) in [7, 11) is 0. The zero-order chi connectivity index (χ0) is 13.0. The first-order valence-corrected chi connectivity index (χ1v) is 6.11. The fourth-order valence-electron chi connectivity index (χ4n) is 1.98. The molecular formula is C14H17FN2O. The van der Waals surface area contributed by atoms with Gasteiger partial charge >= 0.3 is 0 Å². The van der Waals surface area contributed by atoms with Crippen LogP contribution >= 0.6 is 0 Å². The Balaban J connectivity index is 1.96. The summed E-state index contributed by atoms with van der Waals surface area (Å²) in [4.78, 5) is 13.7. The molecule has 3 nitrogen and oxygen atoms in total. The number of carbonyl (C=O) groups excluding carboxylic acids is 1. The van der Waals surface area contributed by atoms with Crippen LogP contribution in [0.5, 0.6) is 0 Å². The van der Waals surface area contributed by atoms with E-state index in [1.165, 1.54) is 12.1 Å². The smallest absolute Gasteiger partial charge is 0.246 e. The van der Waals surface area contributed by atoms with Gasteiger partial charge in [-0.3, -0.25) is 4.79 Å². The number of amides is 1. The van der Waals surface area contributed by atoms with Crippen molar-refractivity contribution >= 4 is 12.0 Å². The monoisotopic (exact) mass is 248 g/mol. The second-order valence-electron chi connectivity index (χ2n) is 4.52. The summed E-state index contributed by atoms with van der Waals surface area (Å²) in [5.41, 5.74) is 0.827. The Hall–Kier alpha value is -1.68. The molecule has 1 N–H and O–H groups in total. The van der Waals surface area contributed by atoms with Crippen LogP contribution in [0.3, 0.4) is 0 Å². The number of hydrogen-bond acceptors (Lipinski definition) is 2. The molecule has 0 aliphatic carbocycles. The number of halogens is 1. The topological polar surface area (TPSA) is 32.3 Å². The lowest BCUT2D eigenvalue weighted by Crippen LogP contribution is -2.50. The van der Waals surface area contributed by atoms with Crippen molar-refractivity contribution in [3.05, 3.63) is 41.7 Å². The molecule has 2 rings (SSSR count). The van der Waals surface area contributed by atoms with Crippen LogP contribution in [0.4, 0.5) is 4.39 Å². The Kier molecular flexibility index (Phi) is 4.10. The van der Waals surface area contributed by atoms with Gasteiger partial charge in [-0.05, 0) is 30.7 Å². The second-order valence-corrected chi connectivity index (χ2v) is 4.52. The minimum atomic E-state index is -0.269. The van der Waals surface area contributed by atoms with Crippen molar-refractivity contribution in [3.8, 4) is 0 Å². The Bertz CT molecular complexity index is 442. The van der Waals surface area contributed by atoms with Crippen molar-refractivity contribution in [2.75, 3.05) is 19.6 Å². The lowest BCUT2D eigenvalue weighted by Gasteiger charge is -2.31. The standard InChI is InChI=1S/C14H17FN2O/c1-11-10-17(9-8-16-11)14(18)7-4-12-2-5-13(15)6-3-12/h2-7,11,16H,8-10H2,1H3/b7-4+/t11-/m1/s1. The van der Waals surface area contributed by atoms with Gasteiger partial charge in [-0.2, -0.15) is 0 Å². The predicted octanol–water partition coefficient (Wildman–Crippen LogP) is 1.66. The van der Waals surface area contributed by atoms with Gasteiger partial charge in [-0.25, -0.2) is 4.39 Å². The summed E-state index contributed by atoms with van der Waals surface area (Å²) >= 11 is 0. The molecule has 0 saturated carbocycles. The minimum Gasteiger partial charge on any atom is -0.336 e. The van der Waals surface area contributed by atoms with Crippen molar-refractivity contribution in [1.82, 2.24) is 10.2 Å². The van der Waals surface area contributed by atoms with Crippen LogP contribution in [0.1, 0.15) is 12.5 Å². The molecule has 1 saturated heterocycles. The Morgan fingerprint density at radius 1 is 1.44 bits per heavy atom. The molecule has 1 aromatic carbocycles. The zero-order valence-corrected chi connectivity index (χ0v) is 10.4. The van der Waals surface area contributed by atoms with E-state index in [1.54, 1.807) is 24.3 Å². The number of nitrogens with one attached hydrogen (secondary N) is 1. The molecule has 1 fully saturated rings. The first-order chi connectivity index (χ1) is 8.65. The molecule has 1 heterocycles. The van der Waals surface area contributed by atoms with E-state index < -0.39 is 0 Å². The molecule has 1 amide bonds. The molecule has 1 aliphatic heterocycles. The molecule has 18 heavy (non-hydrogen) atoms. The number of piperazine rings is 1. The largest absolute Gasteiger partial charge is 0.336 e. The summed E-state index contributed by atoms with van der Waals surface area (Å²) in [5, 5.41) is 3.29. The van der Waals surface area contributed by atoms with Crippen LogP contribution in [0, 0.1) is 5.82 Å². The molecular weight excluding hydrogens is 231 g/mol. The van der Waals surface area contributed by atoms with E-state index in [9.17, 15) is 9.18 Å². The average Bonchev–Trinajstić information content (AvgIpc) is 2.38. The number of hydrogen-bond donors (Lipinski definition) is 1.